The normalized spacial score (nSPS) is 25.0. The van der Waals surface area contributed by atoms with E-state index in [0.717, 1.165) is 18.4 Å². The molecule has 0 aromatic heterocycles. The summed E-state index contributed by atoms with van der Waals surface area (Å²) in [6, 6.07) is 5.39. The van der Waals surface area contributed by atoms with Gasteiger partial charge in [0, 0.05) is 25.3 Å². The molecule has 1 aliphatic rings. The van der Waals surface area contributed by atoms with Gasteiger partial charge in [-0.2, -0.15) is 0 Å². The zero-order valence-corrected chi connectivity index (χ0v) is 27.6. The maximum Gasteiger partial charge on any atom is 0.305 e. The van der Waals surface area contributed by atoms with E-state index in [9.17, 15) is 33.9 Å². The van der Waals surface area contributed by atoms with Crippen molar-refractivity contribution in [3.8, 4) is 0 Å². The predicted molar refractivity (Wildman–Crippen MR) is 177 cm³/mol. The number of benzene rings is 1. The van der Waals surface area contributed by atoms with Crippen molar-refractivity contribution in [3.05, 3.63) is 35.9 Å². The summed E-state index contributed by atoms with van der Waals surface area (Å²) >= 11 is 0. The topological polar surface area (TPSA) is 235 Å². The van der Waals surface area contributed by atoms with Crippen molar-refractivity contribution >= 4 is 41.3 Å². The largest absolute Gasteiger partial charge is 0.481 e. The highest BCUT2D eigenvalue weighted by Crippen LogP contribution is 2.28. The first-order valence-electron chi connectivity index (χ1n) is 16.3. The molecule has 6 atom stereocenters. The van der Waals surface area contributed by atoms with E-state index in [-0.39, 0.29) is 43.0 Å². The minimum atomic E-state index is -1.53. The van der Waals surface area contributed by atoms with Crippen molar-refractivity contribution in [1.29, 1.82) is 0 Å². The number of carbonyl (C=O) groups excluding carboxylic acids is 5. The fraction of sp³-hybridized carbons (Fsp3) is 0.606. The van der Waals surface area contributed by atoms with Crippen LogP contribution in [0.25, 0.3) is 0 Å². The average molecular weight is 658 g/mol. The Bertz CT molecular complexity index is 1250. The Morgan fingerprint density at radius 2 is 1.53 bits per heavy atom. The second-order valence-electron chi connectivity index (χ2n) is 12.3. The monoisotopic (exact) mass is 657 g/mol. The Morgan fingerprint density at radius 3 is 2.17 bits per heavy atom. The number of carbonyl (C=O) groups is 6. The molecular weight excluding hydrogens is 606 g/mol. The zero-order valence-electron chi connectivity index (χ0n) is 27.6. The quantitative estimate of drug-likeness (QED) is 0.0954. The van der Waals surface area contributed by atoms with Crippen LogP contribution >= 0.6 is 0 Å². The van der Waals surface area contributed by atoms with E-state index < -0.39 is 66.6 Å². The molecule has 9 N–H and O–H groups in total. The number of Topliss-reactive ketones (excluding diaryl/α,β-unsaturated/α-hetero) is 1. The van der Waals surface area contributed by atoms with Gasteiger partial charge in [0.1, 0.15) is 12.1 Å². The van der Waals surface area contributed by atoms with Gasteiger partial charge >= 0.3 is 5.97 Å². The highest BCUT2D eigenvalue weighted by Gasteiger charge is 2.34. The molecule has 260 valence electrons. The van der Waals surface area contributed by atoms with Crippen LogP contribution in [0.2, 0.25) is 0 Å². The van der Waals surface area contributed by atoms with Crippen LogP contribution in [0.4, 0.5) is 0 Å². The van der Waals surface area contributed by atoms with Gasteiger partial charge in [0.15, 0.2) is 11.7 Å². The van der Waals surface area contributed by atoms with E-state index in [2.05, 4.69) is 26.3 Å². The number of guanidine groups is 1. The van der Waals surface area contributed by atoms with Crippen molar-refractivity contribution < 1.29 is 33.9 Å². The fourth-order valence-corrected chi connectivity index (χ4v) is 5.64. The number of amides is 4. The molecule has 1 aliphatic heterocycles. The summed E-state index contributed by atoms with van der Waals surface area (Å²) in [6.45, 7) is 5.54. The lowest BCUT2D eigenvalue weighted by molar-refractivity contribution is -0.141. The molecule has 0 saturated carbocycles. The average Bonchev–Trinajstić information content (AvgIpc) is 3.01. The van der Waals surface area contributed by atoms with Gasteiger partial charge in [0.05, 0.1) is 19.0 Å². The molecule has 1 saturated heterocycles. The number of nitrogens with zero attached hydrogens (tertiary/aromatic N) is 1. The Kier molecular flexibility index (Phi) is 16.4. The van der Waals surface area contributed by atoms with Crippen LogP contribution in [0.1, 0.15) is 77.7 Å². The Hall–Kier alpha value is -4.49. The van der Waals surface area contributed by atoms with Crippen molar-refractivity contribution in [2.24, 2.45) is 34.2 Å². The lowest BCUT2D eigenvalue weighted by Crippen LogP contribution is -2.57. The lowest BCUT2D eigenvalue weighted by Gasteiger charge is -2.29. The minimum absolute atomic E-state index is 0.0625. The number of carboxylic acids is 1. The van der Waals surface area contributed by atoms with Crippen LogP contribution in [0.3, 0.4) is 0 Å². The molecule has 1 unspecified atom stereocenters. The molecule has 2 rings (SSSR count). The number of carboxylic acid groups (broad SMARTS) is 1. The van der Waals surface area contributed by atoms with Gasteiger partial charge in [0.2, 0.25) is 23.6 Å². The third-order valence-corrected chi connectivity index (χ3v) is 8.53. The highest BCUT2D eigenvalue weighted by molar-refractivity contribution is 5.96. The molecule has 1 heterocycles. The Balaban J connectivity index is 2.48. The number of aliphatic imine (C=N–C) groups is 1. The zero-order chi connectivity index (χ0) is 34.9. The van der Waals surface area contributed by atoms with Crippen LogP contribution in [-0.4, -0.2) is 77.7 Å². The maximum atomic E-state index is 13.8. The lowest BCUT2D eigenvalue weighted by atomic mass is 9.78. The summed E-state index contributed by atoms with van der Waals surface area (Å²) < 4.78 is 0. The number of unbranched alkanes of at least 4 members (excludes halogenated alkanes) is 2. The number of hydrogen-bond acceptors (Lipinski definition) is 7. The van der Waals surface area contributed by atoms with Gasteiger partial charge in [-0.05, 0) is 36.7 Å². The standard InChI is InChI=1S/C33H51N7O7/c1-4-5-7-14-24-27(41)16-20(2)21(3)23(13-10-15-36-33(34)35)30(45)37-19-28(42)38-26(18-29(43)44)32(47)40-25(31(46)39-24)17-22-11-8-6-9-12-22/h6,8-9,11-12,20-21,23-26H,4-5,7,10,13-19H2,1-3H3,(H,37,45)(H,38,42)(H,39,46)(H,40,47)(H,43,44)(H4,34,35,36)/t20?,21-,23+,24-,25+,26-/m0/s1. The van der Waals surface area contributed by atoms with Crippen LogP contribution in [0.15, 0.2) is 35.3 Å². The number of ketones is 1. The third-order valence-electron chi connectivity index (χ3n) is 8.53. The molecule has 0 radical (unpaired) electrons. The van der Waals surface area contributed by atoms with Crippen LogP contribution in [-0.2, 0) is 35.2 Å². The van der Waals surface area contributed by atoms with E-state index >= 15 is 0 Å². The molecular formula is C33H51N7O7. The summed E-state index contributed by atoms with van der Waals surface area (Å²) in [6.07, 6.45) is 3.07. The maximum absolute atomic E-state index is 13.8. The van der Waals surface area contributed by atoms with Gasteiger partial charge in [-0.15, -0.1) is 0 Å². The molecule has 0 aliphatic carbocycles. The second-order valence-corrected chi connectivity index (χ2v) is 12.3. The van der Waals surface area contributed by atoms with E-state index in [0.29, 0.717) is 25.7 Å². The van der Waals surface area contributed by atoms with Crippen molar-refractivity contribution in [2.45, 2.75) is 96.7 Å². The first-order chi connectivity index (χ1) is 22.3. The molecule has 1 aromatic rings. The first-order valence-corrected chi connectivity index (χ1v) is 16.3. The van der Waals surface area contributed by atoms with Crippen molar-refractivity contribution in [3.63, 3.8) is 0 Å². The number of hydrogen-bond donors (Lipinski definition) is 7. The van der Waals surface area contributed by atoms with Crippen LogP contribution < -0.4 is 32.7 Å². The van der Waals surface area contributed by atoms with E-state index in [1.165, 1.54) is 0 Å². The summed E-state index contributed by atoms with van der Waals surface area (Å²) in [5.74, 6) is -5.51. The van der Waals surface area contributed by atoms with Crippen LogP contribution in [0.5, 0.6) is 0 Å². The van der Waals surface area contributed by atoms with E-state index in [1.54, 1.807) is 30.3 Å². The molecule has 1 fully saturated rings. The summed E-state index contributed by atoms with van der Waals surface area (Å²) in [4.78, 5) is 82.8. The molecule has 47 heavy (non-hydrogen) atoms. The number of rotatable bonds is 12. The van der Waals surface area contributed by atoms with Crippen molar-refractivity contribution in [1.82, 2.24) is 21.3 Å². The molecule has 14 nitrogen and oxygen atoms in total. The van der Waals surface area contributed by atoms with Crippen LogP contribution in [0, 0.1) is 17.8 Å². The summed E-state index contributed by atoms with van der Waals surface area (Å²) in [7, 11) is 0. The number of aliphatic carboxylic acids is 1. The van der Waals surface area contributed by atoms with Gasteiger partial charge in [-0.25, -0.2) is 0 Å². The summed E-state index contributed by atoms with van der Waals surface area (Å²) in [5, 5.41) is 19.9. The fourth-order valence-electron chi connectivity index (χ4n) is 5.64. The highest BCUT2D eigenvalue weighted by atomic mass is 16.4. The van der Waals surface area contributed by atoms with Gasteiger partial charge in [0.25, 0.3) is 0 Å². The second kappa shape index (κ2) is 19.9. The minimum Gasteiger partial charge on any atom is -0.481 e. The smallest absolute Gasteiger partial charge is 0.305 e. The Morgan fingerprint density at radius 1 is 0.872 bits per heavy atom. The van der Waals surface area contributed by atoms with E-state index in [1.807, 2.05) is 20.8 Å². The molecule has 0 bridgehead atoms. The molecule has 0 spiro atoms. The number of nitrogens with one attached hydrogen (secondary N) is 4. The van der Waals surface area contributed by atoms with Crippen molar-refractivity contribution in [2.75, 3.05) is 13.1 Å². The number of nitrogens with two attached hydrogens (primary N) is 2. The molecule has 4 amide bonds. The van der Waals surface area contributed by atoms with E-state index in [4.69, 9.17) is 11.5 Å². The molecule has 1 aromatic carbocycles. The van der Waals surface area contributed by atoms with Gasteiger partial charge in [-0.1, -0.05) is 70.4 Å². The van der Waals surface area contributed by atoms with Gasteiger partial charge in [-0.3, -0.25) is 33.8 Å². The molecule has 14 heteroatoms. The summed E-state index contributed by atoms with van der Waals surface area (Å²) in [5.41, 5.74) is 11.6. The SMILES string of the molecule is CCCCC[C@@H]1NC(=O)[C@@H](Cc2ccccc2)NC(=O)[C@H](CC(=O)O)NC(=O)CNC(=O)[C@H](CCCN=C(N)N)[C@@H](C)C(C)CC1=O. The predicted octanol–water partition coefficient (Wildman–Crippen LogP) is 0.770. The third kappa shape index (κ3) is 13.8. The Labute approximate surface area is 276 Å². The van der Waals surface area contributed by atoms with Gasteiger partial charge < -0.3 is 37.8 Å². The first kappa shape index (κ1) is 38.7.